The minimum atomic E-state index is -0.0775. The highest BCUT2D eigenvalue weighted by molar-refractivity contribution is 5.16. The molecular weight excluding hydrogens is 222 g/mol. The smallest absolute Gasteiger partial charge is 0.0714 e. The van der Waals surface area contributed by atoms with Crippen molar-refractivity contribution in [1.82, 2.24) is 5.32 Å². The van der Waals surface area contributed by atoms with E-state index in [2.05, 4.69) is 74.6 Å². The fourth-order valence-electron chi connectivity index (χ4n) is 3.59. The highest BCUT2D eigenvalue weighted by Crippen LogP contribution is 2.56. The van der Waals surface area contributed by atoms with E-state index in [0.717, 1.165) is 0 Å². The Labute approximate surface area is 114 Å². The number of rotatable bonds is 2. The van der Waals surface area contributed by atoms with Crippen LogP contribution in [0, 0.1) is 10.8 Å². The van der Waals surface area contributed by atoms with Gasteiger partial charge in [-0.25, -0.2) is 0 Å². The molecular formula is C16H33NO. The molecule has 0 radical (unpaired) electrons. The molecule has 18 heavy (non-hydrogen) atoms. The molecule has 1 N–H and O–H groups in total. The predicted octanol–water partition coefficient (Wildman–Crippen LogP) is 3.99. The van der Waals surface area contributed by atoms with Crippen LogP contribution in [0.5, 0.6) is 0 Å². The molecule has 0 atom stereocenters. The van der Waals surface area contributed by atoms with Crippen LogP contribution in [-0.4, -0.2) is 23.3 Å². The molecule has 1 aliphatic carbocycles. The van der Waals surface area contributed by atoms with Gasteiger partial charge in [0.05, 0.1) is 11.7 Å². The van der Waals surface area contributed by atoms with Crippen LogP contribution in [0.4, 0.5) is 0 Å². The van der Waals surface area contributed by atoms with Crippen molar-refractivity contribution < 1.29 is 4.74 Å². The fourth-order valence-corrected chi connectivity index (χ4v) is 3.59. The average molecular weight is 255 g/mol. The van der Waals surface area contributed by atoms with Crippen molar-refractivity contribution in [3.63, 3.8) is 0 Å². The molecule has 0 spiro atoms. The summed E-state index contributed by atoms with van der Waals surface area (Å²) in [5.74, 6) is 0. The molecule has 0 unspecified atom stereocenters. The van der Waals surface area contributed by atoms with Gasteiger partial charge in [-0.3, -0.25) is 0 Å². The summed E-state index contributed by atoms with van der Waals surface area (Å²) in [5, 5.41) is 3.77. The summed E-state index contributed by atoms with van der Waals surface area (Å²) in [6.07, 6.45) is 0.296. The molecule has 0 saturated heterocycles. The number of hydrogen-bond donors (Lipinski definition) is 1. The molecule has 2 nitrogen and oxygen atoms in total. The zero-order valence-corrected chi connectivity index (χ0v) is 14.1. The summed E-state index contributed by atoms with van der Waals surface area (Å²) < 4.78 is 6.31. The summed E-state index contributed by atoms with van der Waals surface area (Å²) in [5.41, 5.74) is 0.409. The van der Waals surface area contributed by atoms with Gasteiger partial charge in [-0.15, -0.1) is 0 Å². The van der Waals surface area contributed by atoms with Gasteiger partial charge in [0.1, 0.15) is 0 Å². The molecule has 0 aromatic carbocycles. The van der Waals surface area contributed by atoms with Crippen molar-refractivity contribution in [3.8, 4) is 0 Å². The van der Waals surface area contributed by atoms with Gasteiger partial charge in [-0.1, -0.05) is 27.7 Å². The van der Waals surface area contributed by atoms with Gasteiger partial charge in [0.25, 0.3) is 0 Å². The zero-order valence-electron chi connectivity index (χ0n) is 14.1. The Balaban J connectivity index is 2.88. The van der Waals surface area contributed by atoms with Crippen LogP contribution in [0.2, 0.25) is 0 Å². The van der Waals surface area contributed by atoms with Gasteiger partial charge in [-0.05, 0) is 41.5 Å². The summed E-state index contributed by atoms with van der Waals surface area (Å²) in [7, 11) is 0. The Morgan fingerprint density at radius 1 is 0.833 bits per heavy atom. The largest absolute Gasteiger partial charge is 0.371 e. The van der Waals surface area contributed by atoms with Crippen LogP contribution < -0.4 is 5.32 Å². The van der Waals surface area contributed by atoms with Gasteiger partial charge in [0, 0.05) is 22.4 Å². The van der Waals surface area contributed by atoms with Gasteiger partial charge in [-0.2, -0.15) is 0 Å². The van der Waals surface area contributed by atoms with Crippen LogP contribution in [0.3, 0.4) is 0 Å². The van der Waals surface area contributed by atoms with Gasteiger partial charge < -0.3 is 10.1 Å². The third-order valence-corrected chi connectivity index (χ3v) is 3.89. The molecule has 1 aliphatic rings. The van der Waals surface area contributed by atoms with E-state index in [9.17, 15) is 0 Å². The third-order valence-electron chi connectivity index (χ3n) is 3.89. The number of hydrogen-bond acceptors (Lipinski definition) is 2. The molecule has 0 heterocycles. The lowest BCUT2D eigenvalue weighted by atomic mass is 9.49. The lowest BCUT2D eigenvalue weighted by molar-refractivity contribution is -0.251. The molecule has 0 bridgehead atoms. The van der Waals surface area contributed by atoms with Gasteiger partial charge in [0.15, 0.2) is 0 Å². The van der Waals surface area contributed by atoms with Crippen molar-refractivity contribution >= 4 is 0 Å². The van der Waals surface area contributed by atoms with E-state index in [1.165, 1.54) is 0 Å². The quantitative estimate of drug-likeness (QED) is 0.805. The molecule has 1 rings (SSSR count). The van der Waals surface area contributed by atoms with Crippen LogP contribution in [0.25, 0.3) is 0 Å². The molecule has 0 aliphatic heterocycles. The molecule has 1 saturated carbocycles. The van der Waals surface area contributed by atoms with Crippen LogP contribution in [-0.2, 0) is 4.74 Å². The average Bonchev–Trinajstić information content (AvgIpc) is 2.07. The molecule has 108 valence electrons. The Kier molecular flexibility index (Phi) is 3.74. The highest BCUT2D eigenvalue weighted by Gasteiger charge is 2.63. The Bertz CT molecular complexity index is 260. The normalized spacial score (nSPS) is 31.0. The first-order valence-corrected chi connectivity index (χ1v) is 7.13. The number of ether oxygens (including phenoxy) is 1. The van der Waals surface area contributed by atoms with E-state index in [-0.39, 0.29) is 22.0 Å². The summed E-state index contributed by atoms with van der Waals surface area (Å²) in [6, 6.07) is 0.484. The Morgan fingerprint density at radius 3 is 1.50 bits per heavy atom. The summed E-state index contributed by atoms with van der Waals surface area (Å²) >= 11 is 0. The zero-order chi connectivity index (χ0) is 14.6. The van der Waals surface area contributed by atoms with Crippen molar-refractivity contribution in [3.05, 3.63) is 0 Å². The number of nitrogens with one attached hydrogen (secondary N) is 1. The van der Waals surface area contributed by atoms with E-state index < -0.39 is 0 Å². The van der Waals surface area contributed by atoms with E-state index in [1.54, 1.807) is 0 Å². The van der Waals surface area contributed by atoms with Crippen molar-refractivity contribution in [2.45, 2.75) is 92.5 Å². The molecule has 0 aromatic rings. The van der Waals surface area contributed by atoms with E-state index in [1.807, 2.05) is 0 Å². The maximum atomic E-state index is 6.31. The SMILES string of the molecule is CC(C)(C)N[C@H]1C(C)(C)[C@H](OC(C)(C)C)C1(C)C. The second-order valence-electron chi connectivity index (χ2n) is 9.08. The highest BCUT2D eigenvalue weighted by atomic mass is 16.5. The maximum Gasteiger partial charge on any atom is 0.0714 e. The summed E-state index contributed by atoms with van der Waals surface area (Å²) in [6.45, 7) is 22.4. The Hall–Kier alpha value is -0.0800. The molecule has 1 fully saturated rings. The fraction of sp³-hybridized carbons (Fsp3) is 1.00. The lowest BCUT2D eigenvalue weighted by Gasteiger charge is -2.66. The molecule has 2 heteroatoms. The molecule has 0 amide bonds. The summed E-state index contributed by atoms with van der Waals surface area (Å²) in [4.78, 5) is 0. The second kappa shape index (κ2) is 4.21. The van der Waals surface area contributed by atoms with Crippen molar-refractivity contribution in [1.29, 1.82) is 0 Å². The third kappa shape index (κ3) is 3.08. The van der Waals surface area contributed by atoms with Gasteiger partial charge >= 0.3 is 0 Å². The second-order valence-corrected chi connectivity index (χ2v) is 9.08. The first-order valence-electron chi connectivity index (χ1n) is 7.13. The lowest BCUT2D eigenvalue weighted by Crippen LogP contribution is -2.75. The standard InChI is InChI=1S/C16H33NO/c1-13(2,3)17-11-15(7,8)12(16(11,9)10)18-14(4,5)6/h11-12,17H,1-10H3/t11-,12-. The van der Waals surface area contributed by atoms with Crippen LogP contribution in [0.15, 0.2) is 0 Å². The maximum absolute atomic E-state index is 6.31. The first kappa shape index (κ1) is 16.0. The van der Waals surface area contributed by atoms with Crippen LogP contribution >= 0.6 is 0 Å². The van der Waals surface area contributed by atoms with Crippen LogP contribution in [0.1, 0.15) is 69.2 Å². The monoisotopic (exact) mass is 255 g/mol. The van der Waals surface area contributed by atoms with Gasteiger partial charge in [0.2, 0.25) is 0 Å². The first-order chi connectivity index (χ1) is 7.68. The van der Waals surface area contributed by atoms with Crippen molar-refractivity contribution in [2.75, 3.05) is 0 Å². The van der Waals surface area contributed by atoms with E-state index in [4.69, 9.17) is 4.74 Å². The molecule has 0 aromatic heterocycles. The topological polar surface area (TPSA) is 21.3 Å². The minimum Gasteiger partial charge on any atom is -0.371 e. The van der Waals surface area contributed by atoms with Crippen molar-refractivity contribution in [2.24, 2.45) is 10.8 Å². The van der Waals surface area contributed by atoms with E-state index >= 15 is 0 Å². The minimum absolute atomic E-state index is 0.0775. The Morgan fingerprint density at radius 2 is 1.22 bits per heavy atom. The van der Waals surface area contributed by atoms with E-state index in [0.29, 0.717) is 12.1 Å². The predicted molar refractivity (Wildman–Crippen MR) is 78.9 cm³/mol.